The van der Waals surface area contributed by atoms with Crippen LogP contribution in [0, 0.1) is 0 Å². The van der Waals surface area contributed by atoms with Gasteiger partial charge in [0, 0.05) is 22.5 Å². The van der Waals surface area contributed by atoms with Crippen LogP contribution < -0.4 is 0 Å². The van der Waals surface area contributed by atoms with Crippen molar-refractivity contribution >= 4 is 58.2 Å². The van der Waals surface area contributed by atoms with E-state index in [0.29, 0.717) is 0 Å². The van der Waals surface area contributed by atoms with E-state index in [1.807, 2.05) is 12.1 Å². The summed E-state index contributed by atoms with van der Waals surface area (Å²) in [7, 11) is 0. The molecule has 4 rings (SSSR count). The molecule has 0 saturated heterocycles. The van der Waals surface area contributed by atoms with E-state index in [-0.39, 0.29) is 0 Å². The summed E-state index contributed by atoms with van der Waals surface area (Å²) >= 11 is 23.7. The van der Waals surface area contributed by atoms with Gasteiger partial charge < -0.3 is 0 Å². The van der Waals surface area contributed by atoms with Gasteiger partial charge in [0.2, 0.25) is 0 Å². The van der Waals surface area contributed by atoms with Crippen molar-refractivity contribution in [2.24, 2.45) is 0 Å². The molecule has 0 spiro atoms. The van der Waals surface area contributed by atoms with Gasteiger partial charge >= 0.3 is 0 Å². The molecule has 0 atom stereocenters. The highest BCUT2D eigenvalue weighted by molar-refractivity contribution is 8.25. The van der Waals surface area contributed by atoms with Crippen molar-refractivity contribution in [3.63, 3.8) is 0 Å². The standard InChI is InChI=1S/C28H24P2S4/c31-29(32)22-21-27(23-13-5-1-6-14-23,24-15-7-2-8-16-24)28(30(33)34,25-17-9-3-10-18-25)26-19-11-4-12-20-26/h1-20H,21-22H2. The molecule has 0 unspecified atom stereocenters. The SMILES string of the molecule is S=P(=S)CCC(c1ccccc1)(c1ccccc1)C(c1ccccc1)(c1ccccc1)P(=S)=S. The fourth-order valence-corrected chi connectivity index (χ4v) is 9.81. The van der Waals surface area contributed by atoms with Gasteiger partial charge in [0.15, 0.2) is 0 Å². The van der Waals surface area contributed by atoms with E-state index < -0.39 is 21.5 Å². The number of hydrogen-bond donors (Lipinski definition) is 0. The summed E-state index contributed by atoms with van der Waals surface area (Å²) in [5.74, 6) is 0. The second kappa shape index (κ2) is 11.4. The second-order valence-electron chi connectivity index (χ2n) is 8.14. The van der Waals surface area contributed by atoms with E-state index in [4.69, 9.17) is 47.2 Å². The normalized spacial score (nSPS) is 11.6. The Hall–Kier alpha value is -1.64. The molecule has 0 radical (unpaired) electrons. The quantitative estimate of drug-likeness (QED) is 0.193. The molecule has 4 aromatic rings. The van der Waals surface area contributed by atoms with Crippen LogP contribution in [-0.2, 0) is 57.8 Å². The summed E-state index contributed by atoms with van der Waals surface area (Å²) in [5.41, 5.74) is 1.83. The summed E-state index contributed by atoms with van der Waals surface area (Å²) in [6, 6.07) is 42.6. The summed E-state index contributed by atoms with van der Waals surface area (Å²) in [4.78, 5) is 0. The lowest BCUT2D eigenvalue weighted by Gasteiger charge is -2.51. The zero-order valence-corrected chi connectivity index (χ0v) is 23.5. The first-order chi connectivity index (χ1) is 16.5. The molecule has 0 aliphatic heterocycles. The smallest absolute Gasteiger partial charge is 0.0622 e. The van der Waals surface area contributed by atoms with Crippen molar-refractivity contribution in [2.75, 3.05) is 6.16 Å². The van der Waals surface area contributed by atoms with Crippen LogP contribution in [0.25, 0.3) is 0 Å². The van der Waals surface area contributed by atoms with Crippen LogP contribution in [0.5, 0.6) is 0 Å². The van der Waals surface area contributed by atoms with Crippen molar-refractivity contribution < 1.29 is 0 Å². The number of rotatable bonds is 9. The van der Waals surface area contributed by atoms with Gasteiger partial charge in [-0.05, 0) is 52.3 Å². The third kappa shape index (κ3) is 4.61. The molecule has 0 N–H and O–H groups in total. The Morgan fingerprint density at radius 1 is 0.471 bits per heavy atom. The average Bonchev–Trinajstić information content (AvgIpc) is 2.88. The van der Waals surface area contributed by atoms with Crippen LogP contribution in [0.15, 0.2) is 121 Å². The van der Waals surface area contributed by atoms with Crippen LogP contribution in [0.3, 0.4) is 0 Å². The van der Waals surface area contributed by atoms with Crippen molar-refractivity contribution in [1.82, 2.24) is 0 Å². The maximum absolute atomic E-state index is 6.24. The number of hydrogen-bond acceptors (Lipinski definition) is 4. The van der Waals surface area contributed by atoms with Crippen LogP contribution in [0.4, 0.5) is 0 Å². The van der Waals surface area contributed by atoms with Gasteiger partial charge in [-0.25, -0.2) is 0 Å². The highest BCUT2D eigenvalue weighted by Gasteiger charge is 2.56. The average molecular weight is 551 g/mol. The molecule has 0 aromatic heterocycles. The van der Waals surface area contributed by atoms with Crippen molar-refractivity contribution in [3.05, 3.63) is 144 Å². The lowest BCUT2D eigenvalue weighted by Crippen LogP contribution is -2.48. The lowest BCUT2D eigenvalue weighted by molar-refractivity contribution is 0.404. The second-order valence-corrected chi connectivity index (χ2v) is 16.7. The minimum atomic E-state index is -1.36. The van der Waals surface area contributed by atoms with Crippen LogP contribution in [0.2, 0.25) is 0 Å². The molecule has 0 saturated carbocycles. The molecule has 0 fully saturated rings. The first-order valence-electron chi connectivity index (χ1n) is 11.0. The van der Waals surface area contributed by atoms with Gasteiger partial charge in [0.05, 0.1) is 5.16 Å². The molecule has 0 amide bonds. The van der Waals surface area contributed by atoms with E-state index in [1.54, 1.807) is 0 Å². The zero-order valence-electron chi connectivity index (χ0n) is 18.5. The maximum Gasteiger partial charge on any atom is 0.0914 e. The fraction of sp³-hybridized carbons (Fsp3) is 0.143. The maximum atomic E-state index is 6.24. The topological polar surface area (TPSA) is 0 Å². The first kappa shape index (κ1) is 25.5. The third-order valence-corrected chi connectivity index (χ3v) is 11.3. The molecular weight excluding hydrogens is 527 g/mol. The predicted octanol–water partition coefficient (Wildman–Crippen LogP) is 8.12. The molecule has 6 heteroatoms. The molecule has 34 heavy (non-hydrogen) atoms. The Kier molecular flexibility index (Phi) is 8.53. The molecule has 0 nitrogen and oxygen atoms in total. The van der Waals surface area contributed by atoms with E-state index in [0.717, 1.165) is 23.7 Å². The summed E-state index contributed by atoms with van der Waals surface area (Å²) < 4.78 is 0. The van der Waals surface area contributed by atoms with Gasteiger partial charge in [0.1, 0.15) is 0 Å². The molecular formula is C28H24P2S4. The van der Waals surface area contributed by atoms with E-state index in [9.17, 15) is 0 Å². The lowest BCUT2D eigenvalue weighted by atomic mass is 9.59. The Labute approximate surface area is 223 Å². The molecule has 0 bridgehead atoms. The van der Waals surface area contributed by atoms with Gasteiger partial charge in [-0.1, -0.05) is 145 Å². The van der Waals surface area contributed by atoms with Crippen LogP contribution in [0.1, 0.15) is 28.7 Å². The van der Waals surface area contributed by atoms with E-state index >= 15 is 0 Å². The zero-order chi connectivity index (χ0) is 24.0. The molecule has 0 heterocycles. The largest absolute Gasteiger partial charge is 0.0914 e. The van der Waals surface area contributed by atoms with Crippen molar-refractivity contribution in [3.8, 4) is 0 Å². The number of benzene rings is 4. The molecule has 0 aliphatic rings. The Morgan fingerprint density at radius 2 is 0.794 bits per heavy atom. The van der Waals surface area contributed by atoms with E-state index in [1.165, 1.54) is 11.1 Å². The first-order valence-corrected chi connectivity index (χ1v) is 17.9. The summed E-state index contributed by atoms with van der Waals surface area (Å²) in [5, 5.41) is -0.645. The molecule has 4 aromatic carbocycles. The van der Waals surface area contributed by atoms with E-state index in [2.05, 4.69) is 109 Å². The third-order valence-electron chi connectivity index (χ3n) is 6.48. The predicted molar refractivity (Wildman–Crippen MR) is 160 cm³/mol. The van der Waals surface area contributed by atoms with Crippen molar-refractivity contribution in [2.45, 2.75) is 17.0 Å². The van der Waals surface area contributed by atoms with Gasteiger partial charge in [-0.3, -0.25) is 0 Å². The molecule has 170 valence electrons. The van der Waals surface area contributed by atoms with Gasteiger partial charge in [-0.15, -0.1) is 0 Å². The molecule has 0 aliphatic carbocycles. The van der Waals surface area contributed by atoms with Crippen LogP contribution >= 0.6 is 10.9 Å². The Balaban J connectivity index is 2.26. The summed E-state index contributed by atoms with van der Waals surface area (Å²) in [6.07, 6.45) is 1.54. The fourth-order valence-electron chi connectivity index (χ4n) is 5.14. The summed E-state index contributed by atoms with van der Waals surface area (Å²) in [6.45, 7) is 0. The minimum absolute atomic E-state index is 0.536. The highest BCUT2D eigenvalue weighted by atomic mass is 32.7. The van der Waals surface area contributed by atoms with Crippen LogP contribution in [-0.4, -0.2) is 6.16 Å². The van der Waals surface area contributed by atoms with Gasteiger partial charge in [-0.2, -0.15) is 0 Å². The Morgan fingerprint density at radius 3 is 1.09 bits per heavy atom. The van der Waals surface area contributed by atoms with Gasteiger partial charge in [0.25, 0.3) is 0 Å². The Bertz CT molecular complexity index is 1270. The minimum Gasteiger partial charge on any atom is -0.0622 e. The highest BCUT2D eigenvalue weighted by Crippen LogP contribution is 2.63. The van der Waals surface area contributed by atoms with Crippen molar-refractivity contribution in [1.29, 1.82) is 0 Å². The monoisotopic (exact) mass is 550 g/mol.